The average molecular weight is 290 g/mol. The van der Waals surface area contributed by atoms with Crippen molar-refractivity contribution in [3.05, 3.63) is 64.2 Å². The molecule has 2 N–H and O–H groups in total. The highest BCUT2D eigenvalue weighted by atomic mass is 35.5. The highest BCUT2D eigenvalue weighted by Crippen LogP contribution is 2.23. The van der Waals surface area contributed by atoms with E-state index in [1.807, 2.05) is 25.1 Å². The minimum atomic E-state index is -0.307. The first-order valence-corrected chi connectivity index (χ1v) is 6.71. The van der Waals surface area contributed by atoms with Gasteiger partial charge in [-0.2, -0.15) is 0 Å². The van der Waals surface area contributed by atoms with Gasteiger partial charge in [0.05, 0.1) is 11.6 Å². The van der Waals surface area contributed by atoms with Crippen molar-refractivity contribution in [1.29, 1.82) is 0 Å². The van der Waals surface area contributed by atoms with Gasteiger partial charge in [-0.1, -0.05) is 35.9 Å². The lowest BCUT2D eigenvalue weighted by molar-refractivity contribution is 0.0937. The number of benzene rings is 2. The summed E-state index contributed by atoms with van der Waals surface area (Å²) in [5.41, 5.74) is 1.87. The van der Waals surface area contributed by atoms with Crippen LogP contribution in [0.3, 0.4) is 0 Å². The Bertz CT molecular complexity index is 640. The second-order valence-electron chi connectivity index (χ2n) is 4.72. The number of carbonyl (C=O) groups excluding carboxylic acids is 1. The molecule has 0 spiro atoms. The van der Waals surface area contributed by atoms with Gasteiger partial charge in [-0.15, -0.1) is 0 Å². The third-order valence-corrected chi connectivity index (χ3v) is 3.41. The van der Waals surface area contributed by atoms with E-state index in [1.165, 1.54) is 0 Å². The zero-order valence-electron chi connectivity index (χ0n) is 11.4. The molecular formula is C16H16ClNO2. The van der Waals surface area contributed by atoms with Crippen LogP contribution in [0.5, 0.6) is 5.75 Å². The summed E-state index contributed by atoms with van der Waals surface area (Å²) in [6.45, 7) is 3.63. The molecule has 20 heavy (non-hydrogen) atoms. The zero-order chi connectivity index (χ0) is 14.7. The van der Waals surface area contributed by atoms with Gasteiger partial charge in [0.1, 0.15) is 5.75 Å². The highest BCUT2D eigenvalue weighted by Gasteiger charge is 2.15. The minimum absolute atomic E-state index is 0.0169. The van der Waals surface area contributed by atoms with Crippen LogP contribution in [0.25, 0.3) is 0 Å². The van der Waals surface area contributed by atoms with Crippen LogP contribution in [0.2, 0.25) is 5.02 Å². The Kier molecular flexibility index (Phi) is 4.30. The SMILES string of the molecule is Cc1cccc(C(=O)NC(C)c2cccc(Cl)c2)c1O. The molecule has 1 amide bonds. The van der Waals surface area contributed by atoms with Gasteiger partial charge in [-0.05, 0) is 43.2 Å². The van der Waals surface area contributed by atoms with E-state index in [0.717, 1.165) is 5.56 Å². The highest BCUT2D eigenvalue weighted by molar-refractivity contribution is 6.30. The van der Waals surface area contributed by atoms with Crippen molar-refractivity contribution in [3.8, 4) is 5.75 Å². The van der Waals surface area contributed by atoms with E-state index < -0.39 is 0 Å². The summed E-state index contributed by atoms with van der Waals surface area (Å²) in [6.07, 6.45) is 0. The lowest BCUT2D eigenvalue weighted by Crippen LogP contribution is -2.26. The quantitative estimate of drug-likeness (QED) is 0.902. The first-order chi connectivity index (χ1) is 9.49. The minimum Gasteiger partial charge on any atom is -0.507 e. The molecule has 1 atom stereocenters. The molecule has 2 rings (SSSR count). The lowest BCUT2D eigenvalue weighted by atomic mass is 10.1. The fraction of sp³-hybridized carbons (Fsp3) is 0.188. The molecule has 4 heteroatoms. The summed E-state index contributed by atoms with van der Waals surface area (Å²) in [5, 5.41) is 13.4. The van der Waals surface area contributed by atoms with Crippen LogP contribution in [0.15, 0.2) is 42.5 Å². The molecule has 2 aromatic rings. The van der Waals surface area contributed by atoms with Crippen LogP contribution in [0, 0.1) is 6.92 Å². The fourth-order valence-electron chi connectivity index (χ4n) is 1.98. The summed E-state index contributed by atoms with van der Waals surface area (Å²) in [7, 11) is 0. The van der Waals surface area contributed by atoms with Crippen LogP contribution >= 0.6 is 11.6 Å². The van der Waals surface area contributed by atoms with Crippen molar-refractivity contribution in [3.63, 3.8) is 0 Å². The van der Waals surface area contributed by atoms with Gasteiger partial charge in [0.15, 0.2) is 0 Å². The van der Waals surface area contributed by atoms with Gasteiger partial charge in [0, 0.05) is 5.02 Å². The third kappa shape index (κ3) is 3.11. The molecule has 1 unspecified atom stereocenters. The normalized spacial score (nSPS) is 11.9. The predicted molar refractivity (Wildman–Crippen MR) is 80.2 cm³/mol. The molecule has 0 aromatic heterocycles. The zero-order valence-corrected chi connectivity index (χ0v) is 12.1. The molecule has 3 nitrogen and oxygen atoms in total. The number of hydrogen-bond acceptors (Lipinski definition) is 2. The number of amides is 1. The van der Waals surface area contributed by atoms with Crippen molar-refractivity contribution < 1.29 is 9.90 Å². The molecule has 0 aliphatic carbocycles. The summed E-state index contributed by atoms with van der Waals surface area (Å²) >= 11 is 5.94. The van der Waals surface area contributed by atoms with Crippen LogP contribution < -0.4 is 5.32 Å². The van der Waals surface area contributed by atoms with E-state index in [2.05, 4.69) is 5.32 Å². The number of phenols is 1. The summed E-state index contributed by atoms with van der Waals surface area (Å²) in [5.74, 6) is -0.290. The van der Waals surface area contributed by atoms with E-state index in [0.29, 0.717) is 10.6 Å². The molecule has 0 heterocycles. The average Bonchev–Trinajstić information content (AvgIpc) is 2.41. The van der Waals surface area contributed by atoms with Crippen molar-refractivity contribution in [2.45, 2.75) is 19.9 Å². The van der Waals surface area contributed by atoms with Gasteiger partial charge in [0.2, 0.25) is 0 Å². The van der Waals surface area contributed by atoms with Crippen molar-refractivity contribution in [1.82, 2.24) is 5.32 Å². The smallest absolute Gasteiger partial charge is 0.255 e. The van der Waals surface area contributed by atoms with E-state index in [-0.39, 0.29) is 23.3 Å². The Balaban J connectivity index is 2.17. The Morgan fingerprint density at radius 1 is 1.25 bits per heavy atom. The summed E-state index contributed by atoms with van der Waals surface area (Å²) in [6, 6.07) is 12.2. The molecule has 104 valence electrons. The maximum atomic E-state index is 12.2. The van der Waals surface area contributed by atoms with Crippen LogP contribution in [-0.2, 0) is 0 Å². The lowest BCUT2D eigenvalue weighted by Gasteiger charge is -2.15. The molecule has 0 aliphatic rings. The van der Waals surface area contributed by atoms with Gasteiger partial charge in [-0.25, -0.2) is 0 Å². The Morgan fingerprint density at radius 2 is 1.95 bits per heavy atom. The molecule has 0 bridgehead atoms. The number of rotatable bonds is 3. The van der Waals surface area contributed by atoms with E-state index in [4.69, 9.17) is 11.6 Å². The predicted octanol–water partition coefficient (Wildman–Crippen LogP) is 3.85. The molecule has 0 saturated carbocycles. The van der Waals surface area contributed by atoms with E-state index >= 15 is 0 Å². The monoisotopic (exact) mass is 289 g/mol. The van der Waals surface area contributed by atoms with Gasteiger partial charge >= 0.3 is 0 Å². The number of hydrogen-bond donors (Lipinski definition) is 2. The second kappa shape index (κ2) is 5.97. The van der Waals surface area contributed by atoms with E-state index in [1.54, 1.807) is 31.2 Å². The first kappa shape index (κ1) is 14.4. The third-order valence-electron chi connectivity index (χ3n) is 3.18. The summed E-state index contributed by atoms with van der Waals surface area (Å²) < 4.78 is 0. The maximum absolute atomic E-state index is 12.2. The van der Waals surface area contributed by atoms with Gasteiger partial charge < -0.3 is 10.4 Å². The molecule has 2 aromatic carbocycles. The number of halogens is 1. The van der Waals surface area contributed by atoms with Crippen molar-refractivity contribution in [2.24, 2.45) is 0 Å². The standard InChI is InChI=1S/C16H16ClNO2/c1-10-5-3-8-14(15(10)19)16(20)18-11(2)12-6-4-7-13(17)9-12/h3-9,11,19H,1-2H3,(H,18,20). The topological polar surface area (TPSA) is 49.3 Å². The maximum Gasteiger partial charge on any atom is 0.255 e. The Morgan fingerprint density at radius 3 is 2.65 bits per heavy atom. The van der Waals surface area contributed by atoms with Crippen molar-refractivity contribution >= 4 is 17.5 Å². The second-order valence-corrected chi connectivity index (χ2v) is 5.16. The van der Waals surface area contributed by atoms with Crippen LogP contribution in [0.1, 0.15) is 34.5 Å². The number of aromatic hydroxyl groups is 1. The molecule has 0 aliphatic heterocycles. The van der Waals surface area contributed by atoms with Crippen molar-refractivity contribution in [2.75, 3.05) is 0 Å². The van der Waals surface area contributed by atoms with Crippen LogP contribution in [-0.4, -0.2) is 11.0 Å². The van der Waals surface area contributed by atoms with Gasteiger partial charge in [-0.3, -0.25) is 4.79 Å². The molecule has 0 radical (unpaired) electrons. The summed E-state index contributed by atoms with van der Waals surface area (Å²) in [4.78, 5) is 12.2. The largest absolute Gasteiger partial charge is 0.507 e. The van der Waals surface area contributed by atoms with Gasteiger partial charge in [0.25, 0.3) is 5.91 Å². The Hall–Kier alpha value is -2.00. The Labute approximate surface area is 123 Å². The molecule has 0 saturated heterocycles. The number of nitrogens with one attached hydrogen (secondary N) is 1. The molecule has 0 fully saturated rings. The fourth-order valence-corrected chi connectivity index (χ4v) is 2.17. The van der Waals surface area contributed by atoms with E-state index in [9.17, 15) is 9.90 Å². The first-order valence-electron chi connectivity index (χ1n) is 6.34. The molecular weight excluding hydrogens is 274 g/mol. The van der Waals surface area contributed by atoms with Crippen LogP contribution in [0.4, 0.5) is 0 Å². The number of para-hydroxylation sites is 1. The number of carbonyl (C=O) groups is 1. The number of aryl methyl sites for hydroxylation is 1. The number of phenolic OH excluding ortho intramolecular Hbond substituents is 1.